The Morgan fingerprint density at radius 3 is 2.32 bits per heavy atom. The summed E-state index contributed by atoms with van der Waals surface area (Å²) in [5.41, 5.74) is 5.96. The second-order valence-electron chi connectivity index (χ2n) is 7.73. The highest BCUT2D eigenvalue weighted by Gasteiger charge is 2.23. The maximum absolute atomic E-state index is 13.5. The number of aromatic amines is 1. The van der Waals surface area contributed by atoms with Crippen molar-refractivity contribution in [2.24, 2.45) is 0 Å². The average molecular weight is 419 g/mol. The van der Waals surface area contributed by atoms with E-state index in [1.54, 1.807) is 6.92 Å². The van der Waals surface area contributed by atoms with Gasteiger partial charge in [-0.2, -0.15) is 0 Å². The number of hydrogen-bond donors (Lipinski definition) is 1. The largest absolute Gasteiger partial charge is 0.461 e. The Labute approximate surface area is 184 Å². The third-order valence-electron chi connectivity index (χ3n) is 5.60. The van der Waals surface area contributed by atoms with Crippen molar-refractivity contribution < 1.29 is 14.3 Å². The van der Waals surface area contributed by atoms with Gasteiger partial charge in [-0.05, 0) is 62.4 Å². The third kappa shape index (κ3) is 5.23. The molecule has 31 heavy (non-hydrogen) atoms. The van der Waals surface area contributed by atoms with Gasteiger partial charge < -0.3 is 14.6 Å². The van der Waals surface area contributed by atoms with Crippen LogP contribution < -0.4 is 0 Å². The van der Waals surface area contributed by atoms with Crippen LogP contribution in [0.5, 0.6) is 0 Å². The van der Waals surface area contributed by atoms with Crippen LogP contribution in [0.3, 0.4) is 0 Å². The summed E-state index contributed by atoms with van der Waals surface area (Å²) in [4.78, 5) is 30.8. The Morgan fingerprint density at radius 1 is 0.968 bits per heavy atom. The summed E-state index contributed by atoms with van der Waals surface area (Å²) >= 11 is 0. The number of ether oxygens (including phenoxy) is 1. The number of benzene rings is 2. The molecular formula is C26H30N2O3. The topological polar surface area (TPSA) is 62.4 Å². The van der Waals surface area contributed by atoms with Crippen molar-refractivity contribution in [3.8, 4) is 0 Å². The molecule has 162 valence electrons. The number of H-pyrrole nitrogens is 1. The fourth-order valence-corrected chi connectivity index (χ4v) is 3.77. The van der Waals surface area contributed by atoms with E-state index >= 15 is 0 Å². The molecule has 0 aliphatic rings. The zero-order chi connectivity index (χ0) is 22.4. The van der Waals surface area contributed by atoms with Gasteiger partial charge in [-0.25, -0.2) is 4.79 Å². The number of carbonyl (C=O) groups is 2. The van der Waals surface area contributed by atoms with E-state index < -0.39 is 0 Å². The second kappa shape index (κ2) is 10.1. The van der Waals surface area contributed by atoms with E-state index in [-0.39, 0.29) is 11.9 Å². The minimum atomic E-state index is -0.365. The van der Waals surface area contributed by atoms with Gasteiger partial charge in [0.05, 0.1) is 6.61 Å². The first-order valence-corrected chi connectivity index (χ1v) is 10.7. The minimum Gasteiger partial charge on any atom is -0.461 e. The number of nitrogens with one attached hydrogen (secondary N) is 1. The van der Waals surface area contributed by atoms with Crippen LogP contribution in [-0.2, 0) is 17.7 Å². The fraction of sp³-hybridized carbons (Fsp3) is 0.308. The number of hydrogen-bond acceptors (Lipinski definition) is 3. The summed E-state index contributed by atoms with van der Waals surface area (Å²) in [7, 11) is 0. The maximum atomic E-state index is 13.5. The molecule has 0 spiro atoms. The average Bonchev–Trinajstić information content (AvgIpc) is 3.05. The Balaban J connectivity index is 1.90. The van der Waals surface area contributed by atoms with E-state index in [1.165, 1.54) is 5.56 Å². The monoisotopic (exact) mass is 418 g/mol. The lowest BCUT2D eigenvalue weighted by molar-refractivity contribution is 0.0519. The van der Waals surface area contributed by atoms with Crippen LogP contribution in [0.15, 0.2) is 54.6 Å². The third-order valence-corrected chi connectivity index (χ3v) is 5.60. The summed E-state index contributed by atoms with van der Waals surface area (Å²) in [6.07, 6.45) is 0.756. The van der Waals surface area contributed by atoms with E-state index in [2.05, 4.69) is 17.1 Å². The summed E-state index contributed by atoms with van der Waals surface area (Å²) in [6, 6.07) is 17.8. The predicted octanol–water partition coefficient (Wildman–Crippen LogP) is 5.00. The molecule has 0 atom stereocenters. The molecule has 1 heterocycles. The van der Waals surface area contributed by atoms with Gasteiger partial charge in [0, 0.05) is 24.3 Å². The molecule has 3 aromatic rings. The summed E-state index contributed by atoms with van der Waals surface area (Å²) in [5.74, 6) is -0.373. The number of rotatable bonds is 8. The van der Waals surface area contributed by atoms with Crippen LogP contribution >= 0.6 is 0 Å². The maximum Gasteiger partial charge on any atom is 0.355 e. The molecule has 1 N–H and O–H groups in total. The van der Waals surface area contributed by atoms with E-state index in [1.807, 2.05) is 68.1 Å². The fourth-order valence-electron chi connectivity index (χ4n) is 3.77. The van der Waals surface area contributed by atoms with Gasteiger partial charge in [0.1, 0.15) is 5.69 Å². The van der Waals surface area contributed by atoms with Crippen LogP contribution in [-0.4, -0.2) is 34.9 Å². The SMILES string of the molecule is CCOC(=O)c1[nH]c(C)c(CN(CCc2ccccc2)C(=O)c2ccccc2C)c1C. The summed E-state index contributed by atoms with van der Waals surface area (Å²) in [5, 5.41) is 0. The number of amides is 1. The molecule has 0 saturated heterocycles. The van der Waals surface area contributed by atoms with Crippen LogP contribution in [0.1, 0.15) is 55.7 Å². The van der Waals surface area contributed by atoms with Crippen molar-refractivity contribution in [1.82, 2.24) is 9.88 Å². The second-order valence-corrected chi connectivity index (χ2v) is 7.73. The van der Waals surface area contributed by atoms with Crippen LogP contribution in [0.2, 0.25) is 0 Å². The highest BCUT2D eigenvalue weighted by Crippen LogP contribution is 2.22. The van der Waals surface area contributed by atoms with Crippen LogP contribution in [0.4, 0.5) is 0 Å². The predicted molar refractivity (Wildman–Crippen MR) is 122 cm³/mol. The number of esters is 1. The van der Waals surface area contributed by atoms with Crippen molar-refractivity contribution in [3.63, 3.8) is 0 Å². The van der Waals surface area contributed by atoms with Gasteiger partial charge in [0.15, 0.2) is 0 Å². The molecule has 0 bridgehead atoms. The Hall–Kier alpha value is -3.34. The minimum absolute atomic E-state index is 0.00767. The Kier molecular flexibility index (Phi) is 7.29. The van der Waals surface area contributed by atoms with Gasteiger partial charge in [-0.1, -0.05) is 48.5 Å². The lowest BCUT2D eigenvalue weighted by Gasteiger charge is -2.24. The van der Waals surface area contributed by atoms with Crippen LogP contribution in [0.25, 0.3) is 0 Å². The van der Waals surface area contributed by atoms with Crippen molar-refractivity contribution in [2.45, 2.75) is 40.7 Å². The molecule has 0 saturated carbocycles. The zero-order valence-corrected chi connectivity index (χ0v) is 18.7. The molecule has 0 aliphatic carbocycles. The van der Waals surface area contributed by atoms with Gasteiger partial charge >= 0.3 is 5.97 Å². The van der Waals surface area contributed by atoms with Crippen molar-refractivity contribution in [2.75, 3.05) is 13.2 Å². The molecule has 0 aliphatic heterocycles. The highest BCUT2D eigenvalue weighted by molar-refractivity contribution is 5.95. The lowest BCUT2D eigenvalue weighted by Crippen LogP contribution is -2.33. The molecule has 0 fully saturated rings. The number of nitrogens with zero attached hydrogens (tertiary/aromatic N) is 1. The molecule has 0 unspecified atom stereocenters. The molecule has 5 nitrogen and oxygen atoms in total. The Morgan fingerprint density at radius 2 is 1.65 bits per heavy atom. The quantitative estimate of drug-likeness (QED) is 0.524. The number of aromatic nitrogens is 1. The van der Waals surface area contributed by atoms with E-state index in [0.717, 1.165) is 28.8 Å². The first-order valence-electron chi connectivity index (χ1n) is 10.7. The van der Waals surface area contributed by atoms with Crippen molar-refractivity contribution in [3.05, 3.63) is 93.8 Å². The van der Waals surface area contributed by atoms with Gasteiger partial charge in [0.25, 0.3) is 5.91 Å². The van der Waals surface area contributed by atoms with Crippen molar-refractivity contribution in [1.29, 1.82) is 0 Å². The number of carbonyl (C=O) groups excluding carboxylic acids is 2. The highest BCUT2D eigenvalue weighted by atomic mass is 16.5. The first kappa shape index (κ1) is 22.3. The van der Waals surface area contributed by atoms with E-state index in [4.69, 9.17) is 4.74 Å². The molecule has 1 amide bonds. The van der Waals surface area contributed by atoms with Gasteiger partial charge in [-0.3, -0.25) is 4.79 Å². The smallest absolute Gasteiger partial charge is 0.355 e. The van der Waals surface area contributed by atoms with Gasteiger partial charge in [0.2, 0.25) is 0 Å². The summed E-state index contributed by atoms with van der Waals surface area (Å²) in [6.45, 7) is 8.89. The molecule has 2 aromatic carbocycles. The molecule has 3 rings (SSSR count). The molecule has 1 aromatic heterocycles. The van der Waals surface area contributed by atoms with E-state index in [9.17, 15) is 9.59 Å². The van der Waals surface area contributed by atoms with Gasteiger partial charge in [-0.15, -0.1) is 0 Å². The standard InChI is InChI=1S/C26H30N2O3/c1-5-31-26(30)24-19(3)23(20(4)27-24)17-28(16-15-21-12-7-6-8-13-21)25(29)22-14-10-9-11-18(22)2/h6-14,27H,5,15-17H2,1-4H3. The molecule has 0 radical (unpaired) electrons. The van der Waals surface area contributed by atoms with Crippen LogP contribution in [0, 0.1) is 20.8 Å². The lowest BCUT2D eigenvalue weighted by atomic mass is 10.0. The van der Waals surface area contributed by atoms with E-state index in [0.29, 0.717) is 31.0 Å². The normalized spacial score (nSPS) is 10.7. The first-order chi connectivity index (χ1) is 14.9. The summed E-state index contributed by atoms with van der Waals surface area (Å²) < 4.78 is 5.17. The zero-order valence-electron chi connectivity index (χ0n) is 18.7. The molecular weight excluding hydrogens is 388 g/mol. The molecule has 5 heteroatoms. The van der Waals surface area contributed by atoms with Crippen molar-refractivity contribution >= 4 is 11.9 Å². The Bertz CT molecular complexity index is 1050. The number of aryl methyl sites for hydroxylation is 2.